The van der Waals surface area contributed by atoms with Crippen molar-refractivity contribution >= 4 is 23.4 Å². The summed E-state index contributed by atoms with van der Waals surface area (Å²) in [5.74, 6) is -7.63. The van der Waals surface area contributed by atoms with Crippen LogP contribution in [0.4, 0.5) is 0 Å². The number of rotatable bonds is 5. The normalized spacial score (nSPS) is 25.4. The lowest BCUT2D eigenvalue weighted by Crippen LogP contribution is -2.63. The molecule has 4 atom stereocenters. The van der Waals surface area contributed by atoms with Crippen LogP contribution in [0.2, 0.25) is 0 Å². The Bertz CT molecular complexity index is 1620. The number of aliphatic hydroxyl groups excluding tert-OH is 2. The van der Waals surface area contributed by atoms with Gasteiger partial charge in [0, 0.05) is 11.5 Å². The fraction of sp³-hybridized carbons (Fsp3) is 0.355. The summed E-state index contributed by atoms with van der Waals surface area (Å²) in [4.78, 5) is 53.6. The fourth-order valence-electron chi connectivity index (χ4n) is 6.62. The number of esters is 1. The highest BCUT2D eigenvalue weighted by molar-refractivity contribution is 6.25. The van der Waals surface area contributed by atoms with E-state index in [1.54, 1.807) is 58.3 Å². The second-order valence-corrected chi connectivity index (χ2v) is 11.5. The highest BCUT2D eigenvalue weighted by Crippen LogP contribution is 2.53. The van der Waals surface area contributed by atoms with Gasteiger partial charge in [-0.05, 0) is 81.6 Å². The van der Waals surface area contributed by atoms with Crippen molar-refractivity contribution in [2.45, 2.75) is 44.4 Å². The molecule has 42 heavy (non-hydrogen) atoms. The van der Waals surface area contributed by atoms with E-state index < -0.39 is 64.0 Å². The van der Waals surface area contributed by atoms with Crippen molar-refractivity contribution in [1.82, 2.24) is 4.90 Å². The first-order chi connectivity index (χ1) is 19.7. The number of nitrogens with zero attached hydrogens (tertiary/aromatic N) is 1. The van der Waals surface area contributed by atoms with Crippen LogP contribution in [0.25, 0.3) is 11.1 Å². The monoisotopic (exact) mass is 576 g/mol. The number of phenols is 1. The number of nitrogens with two attached hydrogens (primary N) is 1. The summed E-state index contributed by atoms with van der Waals surface area (Å²) in [7, 11) is 3.14. The Balaban J connectivity index is 1.67. The number of hydrogen-bond donors (Lipinski definition) is 5. The maximum atomic E-state index is 13.9. The van der Waals surface area contributed by atoms with Gasteiger partial charge in [-0.25, -0.2) is 4.79 Å². The molecule has 11 heteroatoms. The van der Waals surface area contributed by atoms with E-state index >= 15 is 0 Å². The first-order valence-electron chi connectivity index (χ1n) is 13.5. The van der Waals surface area contributed by atoms with Crippen molar-refractivity contribution in [3.05, 3.63) is 75.8 Å². The number of allylic oxidation sites excluding steroid dienone is 1. The van der Waals surface area contributed by atoms with Crippen molar-refractivity contribution in [2.24, 2.45) is 17.6 Å². The molecule has 0 spiro atoms. The highest BCUT2D eigenvalue weighted by Gasteiger charge is 2.63. The Hall–Kier alpha value is -4.48. The number of carbonyl (C=O) groups excluding carboxylic acids is 4. The minimum Gasteiger partial charge on any atom is -0.510 e. The average Bonchev–Trinajstić information content (AvgIpc) is 2.90. The molecule has 11 nitrogen and oxygen atoms in total. The number of carbonyl (C=O) groups is 4. The Morgan fingerprint density at radius 1 is 1.10 bits per heavy atom. The number of ether oxygens (including phenoxy) is 1. The molecule has 0 fully saturated rings. The lowest BCUT2D eigenvalue weighted by molar-refractivity contribution is -0.148. The summed E-state index contributed by atoms with van der Waals surface area (Å²) in [6.45, 7) is 3.47. The van der Waals surface area contributed by atoms with Crippen LogP contribution in [-0.2, 0) is 20.7 Å². The Kier molecular flexibility index (Phi) is 6.99. The first kappa shape index (κ1) is 29.0. The quantitative estimate of drug-likeness (QED) is 0.261. The molecule has 3 aliphatic carbocycles. The molecule has 3 aliphatic rings. The molecule has 1 amide bonds. The van der Waals surface area contributed by atoms with Crippen molar-refractivity contribution in [3.63, 3.8) is 0 Å². The maximum Gasteiger partial charge on any atom is 0.338 e. The topological polar surface area (TPSA) is 188 Å². The highest BCUT2D eigenvalue weighted by atomic mass is 16.5. The summed E-state index contributed by atoms with van der Waals surface area (Å²) >= 11 is 0. The number of Topliss-reactive ketones (excluding diaryl/α,β-unsaturated/α-hetero) is 2. The molecule has 0 saturated carbocycles. The predicted octanol–water partition coefficient (Wildman–Crippen LogP) is 2.35. The second kappa shape index (κ2) is 10.1. The zero-order valence-electron chi connectivity index (χ0n) is 23.5. The zero-order valence-corrected chi connectivity index (χ0v) is 23.5. The third-order valence-corrected chi connectivity index (χ3v) is 8.36. The third-order valence-electron chi connectivity index (χ3n) is 8.36. The van der Waals surface area contributed by atoms with E-state index in [4.69, 9.17) is 10.5 Å². The summed E-state index contributed by atoms with van der Waals surface area (Å²) < 4.78 is 5.31. The molecule has 6 N–H and O–H groups in total. The summed E-state index contributed by atoms with van der Waals surface area (Å²) in [5.41, 5.74) is 3.38. The molecule has 220 valence electrons. The van der Waals surface area contributed by atoms with E-state index in [9.17, 15) is 39.6 Å². The SMILES string of the molecule is CC(C)OC(=O)c1cccc(-c2ccc(O)c3c2C[C@@H]2C[C@@H]4[C@@H](N(C)C)C(O)=C(C(N)=O)C(=O)[C@@]4(O)C(O)=C2C3=O)c1. The predicted molar refractivity (Wildman–Crippen MR) is 150 cm³/mol. The molecule has 2 aromatic carbocycles. The number of benzene rings is 2. The largest absolute Gasteiger partial charge is 0.510 e. The average molecular weight is 577 g/mol. The molecular formula is C31H32N2O9. The molecule has 5 rings (SSSR count). The van der Waals surface area contributed by atoms with Gasteiger partial charge < -0.3 is 30.9 Å². The number of primary amides is 1. The molecule has 0 aromatic heterocycles. The Morgan fingerprint density at radius 3 is 2.40 bits per heavy atom. The van der Waals surface area contributed by atoms with Gasteiger partial charge >= 0.3 is 5.97 Å². The van der Waals surface area contributed by atoms with Gasteiger partial charge in [-0.1, -0.05) is 18.2 Å². The zero-order chi connectivity index (χ0) is 30.8. The smallest absolute Gasteiger partial charge is 0.338 e. The second-order valence-electron chi connectivity index (χ2n) is 11.5. The molecule has 0 bridgehead atoms. The number of aromatic hydroxyl groups is 1. The molecule has 2 aromatic rings. The van der Waals surface area contributed by atoms with E-state index in [0.717, 1.165) is 0 Å². The van der Waals surface area contributed by atoms with Gasteiger partial charge in [0.25, 0.3) is 5.91 Å². The van der Waals surface area contributed by atoms with Gasteiger partial charge in [-0.15, -0.1) is 0 Å². The van der Waals surface area contributed by atoms with Crippen molar-refractivity contribution < 1.29 is 44.3 Å². The summed E-state index contributed by atoms with van der Waals surface area (Å²) in [6, 6.07) is 8.53. The van der Waals surface area contributed by atoms with Crippen molar-refractivity contribution in [2.75, 3.05) is 14.1 Å². The standard InChI is InChI=1S/C31H32N2O9/c1-13(2)42-30(40)15-7-5-6-14(10-15)17-8-9-20(34)22-18(17)11-16-12-19-24(33(3)4)26(36)23(29(32)39)28(38)31(19,41)27(37)21(16)25(22)35/h5-10,13,16,19,24,34,36-37,41H,11-12H2,1-4H3,(H2,32,39)/t16-,19-,24-,31+/m1/s1. The van der Waals surface area contributed by atoms with E-state index in [2.05, 4.69) is 0 Å². The van der Waals surface area contributed by atoms with Crippen LogP contribution in [0.15, 0.2) is 59.1 Å². The van der Waals surface area contributed by atoms with Crippen molar-refractivity contribution in [3.8, 4) is 16.9 Å². The van der Waals surface area contributed by atoms with Gasteiger partial charge in [0.15, 0.2) is 11.4 Å². The van der Waals surface area contributed by atoms with Crippen LogP contribution >= 0.6 is 0 Å². The number of fused-ring (bicyclic) bond motifs is 3. The van der Waals surface area contributed by atoms with Crippen LogP contribution in [-0.4, -0.2) is 80.6 Å². The fourth-order valence-corrected chi connectivity index (χ4v) is 6.62. The lowest BCUT2D eigenvalue weighted by atomic mass is 9.58. The summed E-state index contributed by atoms with van der Waals surface area (Å²) in [6.07, 6.45) is -0.227. The van der Waals surface area contributed by atoms with Crippen LogP contribution < -0.4 is 5.73 Å². The summed E-state index contributed by atoms with van der Waals surface area (Å²) in [5, 5.41) is 44.9. The number of phenolic OH excluding ortho intramolecular Hbond substituents is 1. The third kappa shape index (κ3) is 4.19. The number of amides is 1. The van der Waals surface area contributed by atoms with Gasteiger partial charge in [0.05, 0.1) is 23.3 Å². The molecular weight excluding hydrogens is 544 g/mol. The molecule has 0 radical (unpaired) electrons. The van der Waals surface area contributed by atoms with E-state index in [0.29, 0.717) is 22.3 Å². The van der Waals surface area contributed by atoms with Gasteiger partial charge in [0.1, 0.15) is 22.8 Å². The van der Waals surface area contributed by atoms with E-state index in [1.165, 1.54) is 11.0 Å². The van der Waals surface area contributed by atoms with Crippen LogP contribution in [0.5, 0.6) is 5.75 Å². The van der Waals surface area contributed by atoms with Crippen LogP contribution in [0.1, 0.15) is 46.5 Å². The van der Waals surface area contributed by atoms with Crippen LogP contribution in [0.3, 0.4) is 0 Å². The number of hydrogen-bond acceptors (Lipinski definition) is 10. The van der Waals surface area contributed by atoms with Gasteiger partial charge in [0.2, 0.25) is 5.78 Å². The van der Waals surface area contributed by atoms with Gasteiger partial charge in [-0.3, -0.25) is 19.3 Å². The van der Waals surface area contributed by atoms with E-state index in [-0.39, 0.29) is 35.8 Å². The number of aliphatic hydroxyl groups is 3. The first-order valence-corrected chi connectivity index (χ1v) is 13.5. The van der Waals surface area contributed by atoms with Crippen LogP contribution in [0, 0.1) is 11.8 Å². The van der Waals surface area contributed by atoms with E-state index in [1.807, 2.05) is 0 Å². The Labute approximate surface area is 241 Å². The Morgan fingerprint density at radius 2 is 1.79 bits per heavy atom. The minimum absolute atomic E-state index is 0.0262. The number of likely N-dealkylation sites (N-methyl/N-ethyl adjacent to an activating group) is 1. The van der Waals surface area contributed by atoms with Gasteiger partial charge in [-0.2, -0.15) is 0 Å². The maximum absolute atomic E-state index is 13.9. The molecule has 0 saturated heterocycles. The lowest BCUT2D eigenvalue weighted by Gasteiger charge is -2.50. The molecule has 0 aliphatic heterocycles. The minimum atomic E-state index is -2.71. The van der Waals surface area contributed by atoms with Crippen molar-refractivity contribution in [1.29, 1.82) is 0 Å². The number of ketones is 2. The molecule has 0 unspecified atom stereocenters. The molecule has 0 heterocycles.